The Morgan fingerprint density at radius 1 is 1.40 bits per heavy atom. The van der Waals surface area contributed by atoms with Gasteiger partial charge in [0.2, 0.25) is 0 Å². The SMILES string of the molecule is N=C/C=C\NCCCCF. The Hall–Kier alpha value is -0.860. The maximum absolute atomic E-state index is 11.5. The predicted molar refractivity (Wildman–Crippen MR) is 41.1 cm³/mol. The number of alkyl halides is 1. The van der Waals surface area contributed by atoms with Crippen LogP contribution in [0, 0.1) is 5.41 Å². The molecule has 0 aromatic heterocycles. The monoisotopic (exact) mass is 144 g/mol. The number of rotatable bonds is 6. The maximum atomic E-state index is 11.5. The molecule has 0 spiro atoms. The normalized spacial score (nSPS) is 10.1. The molecular formula is C7H13FN2. The van der Waals surface area contributed by atoms with E-state index in [2.05, 4.69) is 5.32 Å². The number of nitrogens with one attached hydrogen (secondary N) is 2. The van der Waals surface area contributed by atoms with Crippen molar-refractivity contribution in [3.63, 3.8) is 0 Å². The standard InChI is InChI=1S/C7H13FN2/c8-4-1-2-6-10-7-3-5-9/h3,5,7,9-10H,1-2,4,6H2/b7-3-,9-5?. The first-order chi connectivity index (χ1) is 4.91. The molecule has 0 aliphatic carbocycles. The van der Waals surface area contributed by atoms with Crippen molar-refractivity contribution < 1.29 is 4.39 Å². The van der Waals surface area contributed by atoms with Gasteiger partial charge in [-0.2, -0.15) is 0 Å². The lowest BCUT2D eigenvalue weighted by molar-refractivity contribution is 0.460. The molecular weight excluding hydrogens is 131 g/mol. The van der Waals surface area contributed by atoms with Crippen LogP contribution in [0.5, 0.6) is 0 Å². The second-order valence-corrected chi connectivity index (χ2v) is 1.88. The first-order valence-electron chi connectivity index (χ1n) is 3.36. The van der Waals surface area contributed by atoms with E-state index in [4.69, 9.17) is 5.41 Å². The Morgan fingerprint density at radius 2 is 2.20 bits per heavy atom. The highest BCUT2D eigenvalue weighted by Gasteiger charge is 1.82. The van der Waals surface area contributed by atoms with Crippen molar-refractivity contribution in [2.45, 2.75) is 12.8 Å². The number of halogens is 1. The van der Waals surface area contributed by atoms with Gasteiger partial charge < -0.3 is 10.7 Å². The molecule has 0 fully saturated rings. The zero-order valence-corrected chi connectivity index (χ0v) is 5.94. The van der Waals surface area contributed by atoms with Crippen LogP contribution in [0.15, 0.2) is 12.3 Å². The molecule has 0 atom stereocenters. The summed E-state index contributed by atoms with van der Waals surface area (Å²) in [5.74, 6) is 0. The van der Waals surface area contributed by atoms with Crippen LogP contribution in [-0.4, -0.2) is 19.4 Å². The third-order valence-corrected chi connectivity index (χ3v) is 1.02. The lowest BCUT2D eigenvalue weighted by atomic mass is 10.3. The minimum Gasteiger partial charge on any atom is -0.391 e. The van der Waals surface area contributed by atoms with Crippen molar-refractivity contribution in [3.8, 4) is 0 Å². The van der Waals surface area contributed by atoms with Gasteiger partial charge in [-0.05, 0) is 25.1 Å². The molecule has 0 saturated heterocycles. The minimum atomic E-state index is -0.240. The summed E-state index contributed by atoms with van der Waals surface area (Å²) in [4.78, 5) is 0. The van der Waals surface area contributed by atoms with Crippen molar-refractivity contribution >= 4 is 6.21 Å². The lowest BCUT2D eigenvalue weighted by Gasteiger charge is -1.95. The van der Waals surface area contributed by atoms with Crippen molar-refractivity contribution in [1.29, 1.82) is 5.41 Å². The molecule has 0 aromatic carbocycles. The fraction of sp³-hybridized carbons (Fsp3) is 0.571. The van der Waals surface area contributed by atoms with Crippen LogP contribution in [0.1, 0.15) is 12.8 Å². The van der Waals surface area contributed by atoms with Gasteiger partial charge in [-0.25, -0.2) is 0 Å². The van der Waals surface area contributed by atoms with E-state index < -0.39 is 0 Å². The summed E-state index contributed by atoms with van der Waals surface area (Å²) in [6.07, 6.45) is 5.94. The van der Waals surface area contributed by atoms with Crippen LogP contribution < -0.4 is 5.32 Å². The minimum absolute atomic E-state index is 0.240. The molecule has 2 N–H and O–H groups in total. The molecule has 58 valence electrons. The summed E-state index contributed by atoms with van der Waals surface area (Å²) in [5.41, 5.74) is 0. The van der Waals surface area contributed by atoms with Gasteiger partial charge in [0.15, 0.2) is 0 Å². The molecule has 0 heterocycles. The topological polar surface area (TPSA) is 35.9 Å². The fourth-order valence-corrected chi connectivity index (χ4v) is 0.521. The first kappa shape index (κ1) is 9.14. The number of unbranched alkanes of at least 4 members (excludes halogenated alkanes) is 1. The molecule has 0 aliphatic heterocycles. The predicted octanol–water partition coefficient (Wildman–Crippen LogP) is 1.49. The van der Waals surface area contributed by atoms with Crippen LogP contribution >= 0.6 is 0 Å². The smallest absolute Gasteiger partial charge is 0.0895 e. The largest absolute Gasteiger partial charge is 0.391 e. The van der Waals surface area contributed by atoms with Crippen LogP contribution in [0.4, 0.5) is 4.39 Å². The summed E-state index contributed by atoms with van der Waals surface area (Å²) in [5, 5.41) is 9.53. The maximum Gasteiger partial charge on any atom is 0.0895 e. The quantitative estimate of drug-likeness (QED) is 0.430. The van der Waals surface area contributed by atoms with Crippen LogP contribution in [0.25, 0.3) is 0 Å². The van der Waals surface area contributed by atoms with Gasteiger partial charge in [-0.15, -0.1) is 0 Å². The van der Waals surface area contributed by atoms with E-state index in [1.54, 1.807) is 12.3 Å². The van der Waals surface area contributed by atoms with Crippen molar-refractivity contribution in [1.82, 2.24) is 5.32 Å². The van der Waals surface area contributed by atoms with Crippen LogP contribution in [-0.2, 0) is 0 Å². The van der Waals surface area contributed by atoms with Gasteiger partial charge >= 0.3 is 0 Å². The van der Waals surface area contributed by atoms with E-state index in [9.17, 15) is 4.39 Å². The lowest BCUT2D eigenvalue weighted by Crippen LogP contribution is -2.06. The Labute approximate surface area is 60.6 Å². The second kappa shape index (κ2) is 8.14. The number of hydrogen-bond acceptors (Lipinski definition) is 2. The highest BCUT2D eigenvalue weighted by atomic mass is 19.1. The van der Waals surface area contributed by atoms with Gasteiger partial charge in [-0.3, -0.25) is 4.39 Å². The van der Waals surface area contributed by atoms with E-state index >= 15 is 0 Å². The molecule has 0 unspecified atom stereocenters. The van der Waals surface area contributed by atoms with Crippen LogP contribution in [0.3, 0.4) is 0 Å². The Bertz CT molecular complexity index is 102. The zero-order chi connectivity index (χ0) is 7.66. The van der Waals surface area contributed by atoms with Crippen molar-refractivity contribution in [3.05, 3.63) is 12.3 Å². The molecule has 0 aliphatic rings. The molecule has 2 nitrogen and oxygen atoms in total. The molecule has 0 amide bonds. The van der Waals surface area contributed by atoms with Gasteiger partial charge in [0.25, 0.3) is 0 Å². The molecule has 0 rings (SSSR count). The summed E-state index contributed by atoms with van der Waals surface area (Å²) < 4.78 is 11.5. The van der Waals surface area contributed by atoms with Gasteiger partial charge in [-0.1, -0.05) is 0 Å². The molecule has 10 heavy (non-hydrogen) atoms. The van der Waals surface area contributed by atoms with E-state index in [0.29, 0.717) is 6.42 Å². The number of allylic oxidation sites excluding steroid dienone is 1. The third-order valence-electron chi connectivity index (χ3n) is 1.02. The third kappa shape index (κ3) is 7.14. The first-order valence-corrected chi connectivity index (χ1v) is 3.36. The highest BCUT2D eigenvalue weighted by molar-refractivity contribution is 5.67. The van der Waals surface area contributed by atoms with E-state index in [-0.39, 0.29) is 6.67 Å². The molecule has 0 aromatic rings. The second-order valence-electron chi connectivity index (χ2n) is 1.88. The summed E-state index contributed by atoms with van der Waals surface area (Å²) in [6, 6.07) is 0. The summed E-state index contributed by atoms with van der Waals surface area (Å²) in [6.45, 7) is 0.546. The van der Waals surface area contributed by atoms with E-state index in [1.807, 2.05) is 0 Å². The highest BCUT2D eigenvalue weighted by Crippen LogP contribution is 1.85. The Balaban J connectivity index is 2.90. The average Bonchev–Trinajstić information content (AvgIpc) is 1.97. The van der Waals surface area contributed by atoms with Crippen molar-refractivity contribution in [2.24, 2.45) is 0 Å². The van der Waals surface area contributed by atoms with Gasteiger partial charge in [0.05, 0.1) is 6.67 Å². The van der Waals surface area contributed by atoms with Gasteiger partial charge in [0, 0.05) is 12.8 Å². The number of hydrogen-bond donors (Lipinski definition) is 2. The van der Waals surface area contributed by atoms with E-state index in [0.717, 1.165) is 13.0 Å². The molecule has 0 radical (unpaired) electrons. The average molecular weight is 144 g/mol. The van der Waals surface area contributed by atoms with Crippen LogP contribution in [0.2, 0.25) is 0 Å². The summed E-state index contributed by atoms with van der Waals surface area (Å²) >= 11 is 0. The summed E-state index contributed by atoms with van der Waals surface area (Å²) in [7, 11) is 0. The molecule has 0 saturated carbocycles. The zero-order valence-electron chi connectivity index (χ0n) is 5.94. The van der Waals surface area contributed by atoms with E-state index in [1.165, 1.54) is 6.21 Å². The fourth-order valence-electron chi connectivity index (χ4n) is 0.521. The molecule has 3 heteroatoms. The van der Waals surface area contributed by atoms with Crippen molar-refractivity contribution in [2.75, 3.05) is 13.2 Å². The Morgan fingerprint density at radius 3 is 2.80 bits per heavy atom. The molecule has 0 bridgehead atoms. The van der Waals surface area contributed by atoms with Gasteiger partial charge in [0.1, 0.15) is 0 Å². The Kier molecular flexibility index (Phi) is 7.44.